The molecule has 5 heteroatoms. The maximum atomic E-state index is 13.4. The summed E-state index contributed by atoms with van der Waals surface area (Å²) in [5.74, 6) is 0.103. The molecule has 148 valence electrons. The second-order valence-corrected chi connectivity index (χ2v) is 8.14. The molecule has 1 spiro atoms. The Morgan fingerprint density at radius 1 is 1.14 bits per heavy atom. The topological polar surface area (TPSA) is 58.2 Å². The second kappa shape index (κ2) is 7.16. The van der Waals surface area contributed by atoms with E-state index in [-0.39, 0.29) is 11.5 Å². The first-order valence-corrected chi connectivity index (χ1v) is 10.3. The Kier molecular flexibility index (Phi) is 4.47. The molecule has 0 radical (unpaired) electrons. The van der Waals surface area contributed by atoms with Crippen LogP contribution in [0.5, 0.6) is 0 Å². The van der Waals surface area contributed by atoms with Gasteiger partial charge in [-0.1, -0.05) is 42.0 Å². The molecule has 3 aromatic rings. The predicted molar refractivity (Wildman–Crippen MR) is 114 cm³/mol. The van der Waals surface area contributed by atoms with Crippen molar-refractivity contribution in [2.24, 2.45) is 0 Å². The van der Waals surface area contributed by atoms with Gasteiger partial charge in [-0.2, -0.15) is 5.10 Å². The van der Waals surface area contributed by atoms with E-state index in [2.05, 4.69) is 35.3 Å². The van der Waals surface area contributed by atoms with E-state index in [9.17, 15) is 4.79 Å². The van der Waals surface area contributed by atoms with Crippen LogP contribution in [-0.4, -0.2) is 46.3 Å². The van der Waals surface area contributed by atoms with Crippen LogP contribution in [0.1, 0.15) is 36.5 Å². The Hall–Kier alpha value is -2.92. The second-order valence-electron chi connectivity index (χ2n) is 8.14. The van der Waals surface area contributed by atoms with E-state index in [1.807, 2.05) is 41.6 Å². The van der Waals surface area contributed by atoms with E-state index in [1.54, 1.807) is 0 Å². The first kappa shape index (κ1) is 18.1. The normalized spacial score (nSPS) is 18.8. The molecule has 5 nitrogen and oxygen atoms in total. The zero-order valence-electron chi connectivity index (χ0n) is 16.6. The molecule has 2 aromatic carbocycles. The molecular weight excluding hydrogens is 362 g/mol. The molecule has 5 rings (SSSR count). The van der Waals surface area contributed by atoms with Crippen molar-refractivity contribution in [2.75, 3.05) is 19.7 Å². The number of fused-ring (bicyclic) bond motifs is 1. The number of H-pyrrole nitrogens is 1. The first-order chi connectivity index (χ1) is 14.2. The van der Waals surface area contributed by atoms with Gasteiger partial charge in [-0.15, -0.1) is 0 Å². The maximum Gasteiger partial charge on any atom is 0.254 e. The van der Waals surface area contributed by atoms with Gasteiger partial charge in [0, 0.05) is 30.4 Å². The molecular formula is C24H25N3O2. The third-order valence-electron chi connectivity index (χ3n) is 6.25. The summed E-state index contributed by atoms with van der Waals surface area (Å²) in [4.78, 5) is 15.4. The lowest BCUT2D eigenvalue weighted by Crippen LogP contribution is -2.48. The third kappa shape index (κ3) is 3.25. The molecule has 0 atom stereocenters. The van der Waals surface area contributed by atoms with E-state index in [1.165, 1.54) is 5.57 Å². The fourth-order valence-corrected chi connectivity index (χ4v) is 4.67. The highest BCUT2D eigenvalue weighted by molar-refractivity contribution is 6.10. The predicted octanol–water partition coefficient (Wildman–Crippen LogP) is 4.57. The van der Waals surface area contributed by atoms with Crippen molar-refractivity contribution in [3.63, 3.8) is 0 Å². The lowest BCUT2D eigenvalue weighted by atomic mass is 9.86. The van der Waals surface area contributed by atoms with Crippen molar-refractivity contribution < 1.29 is 9.53 Å². The number of aromatic nitrogens is 2. The number of nitrogens with one attached hydrogen (secondary N) is 1. The molecule has 1 saturated heterocycles. The van der Waals surface area contributed by atoms with Crippen molar-refractivity contribution in [3.8, 4) is 11.1 Å². The number of piperidine rings is 1. The Labute approximate surface area is 170 Å². The molecule has 29 heavy (non-hydrogen) atoms. The third-order valence-corrected chi connectivity index (χ3v) is 6.25. The van der Waals surface area contributed by atoms with Crippen LogP contribution in [0.25, 0.3) is 21.9 Å². The lowest BCUT2D eigenvalue weighted by Gasteiger charge is -2.42. The molecule has 2 aliphatic rings. The summed E-state index contributed by atoms with van der Waals surface area (Å²) in [5.41, 5.74) is 4.10. The van der Waals surface area contributed by atoms with Crippen LogP contribution in [0.2, 0.25) is 0 Å². The van der Waals surface area contributed by atoms with Crippen molar-refractivity contribution in [2.45, 2.75) is 31.8 Å². The van der Waals surface area contributed by atoms with Crippen LogP contribution >= 0.6 is 0 Å². The molecule has 1 fully saturated rings. The van der Waals surface area contributed by atoms with Gasteiger partial charge < -0.3 is 9.64 Å². The number of rotatable bonds is 2. The number of amides is 1. The number of carbonyl (C=O) groups is 1. The summed E-state index contributed by atoms with van der Waals surface area (Å²) < 4.78 is 6.11. The number of hydrogen-bond acceptors (Lipinski definition) is 3. The summed E-state index contributed by atoms with van der Waals surface area (Å²) >= 11 is 0. The Balaban J connectivity index is 1.44. The zero-order valence-corrected chi connectivity index (χ0v) is 16.6. The summed E-state index contributed by atoms with van der Waals surface area (Å²) in [6, 6.07) is 12.1. The van der Waals surface area contributed by atoms with E-state index in [0.29, 0.717) is 0 Å². The van der Waals surface area contributed by atoms with Gasteiger partial charge in [-0.05, 0) is 48.6 Å². The van der Waals surface area contributed by atoms with E-state index < -0.39 is 0 Å². The minimum atomic E-state index is -0.174. The molecule has 3 heterocycles. The monoisotopic (exact) mass is 387 g/mol. The number of likely N-dealkylation sites (tertiary alicyclic amines) is 1. The smallest absolute Gasteiger partial charge is 0.254 e. The highest BCUT2D eigenvalue weighted by Crippen LogP contribution is 2.35. The minimum Gasteiger partial charge on any atom is -0.370 e. The van der Waals surface area contributed by atoms with Gasteiger partial charge in [-0.25, -0.2) is 0 Å². The average Bonchev–Trinajstić information content (AvgIpc) is 3.27. The van der Waals surface area contributed by atoms with Crippen molar-refractivity contribution in [3.05, 3.63) is 66.0 Å². The maximum absolute atomic E-state index is 13.4. The van der Waals surface area contributed by atoms with Crippen molar-refractivity contribution in [1.82, 2.24) is 15.1 Å². The van der Waals surface area contributed by atoms with Crippen LogP contribution in [0, 0.1) is 0 Å². The number of hydrogen-bond donors (Lipinski definition) is 1. The number of ether oxygens (including phenoxy) is 1. The summed E-state index contributed by atoms with van der Waals surface area (Å²) in [7, 11) is 0. The highest BCUT2D eigenvalue weighted by atomic mass is 16.5. The van der Waals surface area contributed by atoms with Gasteiger partial charge >= 0.3 is 0 Å². The Morgan fingerprint density at radius 2 is 1.93 bits per heavy atom. The number of benzene rings is 2. The molecule has 0 saturated carbocycles. The molecule has 0 bridgehead atoms. The molecule has 1 N–H and O–H groups in total. The van der Waals surface area contributed by atoms with Gasteiger partial charge in [0.25, 0.3) is 5.91 Å². The number of aromatic amines is 1. The minimum absolute atomic E-state index is 0.103. The summed E-state index contributed by atoms with van der Waals surface area (Å²) in [6.07, 6.45) is 8.72. The van der Waals surface area contributed by atoms with E-state index >= 15 is 0 Å². The quantitative estimate of drug-likeness (QED) is 0.655. The summed E-state index contributed by atoms with van der Waals surface area (Å²) in [6.45, 7) is 4.41. The van der Waals surface area contributed by atoms with Crippen LogP contribution in [0.3, 0.4) is 0 Å². The molecule has 1 aromatic heterocycles. The van der Waals surface area contributed by atoms with E-state index in [0.717, 1.165) is 66.4 Å². The fourth-order valence-electron chi connectivity index (χ4n) is 4.67. The van der Waals surface area contributed by atoms with Crippen molar-refractivity contribution >= 4 is 16.7 Å². The standard InChI is InChI=1S/C24H25N3O2/c1-17-8-13-29-24(14-17)9-11-27(12-10-24)23(28)22-7-3-5-20-19(4-2-6-21(20)22)18-15-25-26-16-18/h2-7,14-16H,8-13H2,1H3,(H,25,26). The lowest BCUT2D eigenvalue weighted by molar-refractivity contribution is -0.0521. The summed E-state index contributed by atoms with van der Waals surface area (Å²) in [5, 5.41) is 9.00. The molecule has 2 aliphatic heterocycles. The molecule has 0 unspecified atom stereocenters. The number of carbonyl (C=O) groups excluding carboxylic acids is 1. The van der Waals surface area contributed by atoms with Crippen LogP contribution < -0.4 is 0 Å². The number of nitrogens with zero attached hydrogens (tertiary/aromatic N) is 2. The van der Waals surface area contributed by atoms with Gasteiger partial charge in [0.05, 0.1) is 18.4 Å². The van der Waals surface area contributed by atoms with Gasteiger partial charge in [0.1, 0.15) is 0 Å². The average molecular weight is 387 g/mol. The van der Waals surface area contributed by atoms with Gasteiger partial charge in [-0.3, -0.25) is 9.89 Å². The zero-order chi connectivity index (χ0) is 19.8. The van der Waals surface area contributed by atoms with Crippen molar-refractivity contribution in [1.29, 1.82) is 0 Å². The van der Waals surface area contributed by atoms with Crippen LogP contribution in [-0.2, 0) is 4.74 Å². The largest absolute Gasteiger partial charge is 0.370 e. The Bertz CT molecular complexity index is 1080. The molecule has 1 amide bonds. The fraction of sp³-hybridized carbons (Fsp3) is 0.333. The molecule has 0 aliphatic carbocycles. The van der Waals surface area contributed by atoms with Gasteiger partial charge in [0.2, 0.25) is 0 Å². The highest BCUT2D eigenvalue weighted by Gasteiger charge is 2.37. The first-order valence-electron chi connectivity index (χ1n) is 10.3. The van der Waals surface area contributed by atoms with Crippen LogP contribution in [0.15, 0.2) is 60.4 Å². The Morgan fingerprint density at radius 3 is 2.69 bits per heavy atom. The van der Waals surface area contributed by atoms with Gasteiger partial charge in [0.15, 0.2) is 0 Å². The van der Waals surface area contributed by atoms with Crippen LogP contribution in [0.4, 0.5) is 0 Å². The van der Waals surface area contributed by atoms with E-state index in [4.69, 9.17) is 4.74 Å². The SMILES string of the molecule is CC1=CC2(CCN(C(=O)c3cccc4c(-c5cn[nH]c5)cccc34)CC2)OCC1.